The smallest absolute Gasteiger partial charge is 0.229 e. The minimum Gasteiger partial charge on any atom is -0.356 e. The molecule has 5 nitrogen and oxygen atoms in total. The fraction of sp³-hybridized carbons (Fsp3) is 0.417. The molecule has 1 heterocycles. The van der Waals surface area contributed by atoms with Gasteiger partial charge in [-0.05, 0) is 18.6 Å². The summed E-state index contributed by atoms with van der Waals surface area (Å²) in [5.74, 6) is -0.533. The summed E-state index contributed by atoms with van der Waals surface area (Å²) >= 11 is 0. The maximum atomic E-state index is 11.4. The Kier molecular flexibility index (Phi) is 5.71. The maximum absolute atomic E-state index is 11.4. The standard InChI is InChI=1S/C12H17N3O2/c1-2-6-14-11(16)8-12(17)15-9-10-5-3-4-7-13-10/h3-5,7H,2,6,8-9H2,1H3,(H,14,16)(H,15,17). The van der Waals surface area contributed by atoms with E-state index in [-0.39, 0.29) is 18.2 Å². The molecule has 0 spiro atoms. The predicted octanol–water partition coefficient (Wildman–Crippen LogP) is 0.614. The molecule has 0 radical (unpaired) electrons. The first-order chi connectivity index (χ1) is 8.22. The third kappa shape index (κ3) is 5.65. The number of nitrogens with one attached hydrogen (secondary N) is 2. The van der Waals surface area contributed by atoms with Crippen LogP contribution in [0.5, 0.6) is 0 Å². The highest BCUT2D eigenvalue weighted by Crippen LogP contribution is 1.92. The van der Waals surface area contributed by atoms with E-state index in [4.69, 9.17) is 0 Å². The Balaban J connectivity index is 2.24. The number of aromatic nitrogens is 1. The van der Waals surface area contributed by atoms with Gasteiger partial charge in [-0.3, -0.25) is 14.6 Å². The minimum absolute atomic E-state index is 0.132. The largest absolute Gasteiger partial charge is 0.356 e. The van der Waals surface area contributed by atoms with Crippen LogP contribution in [0.15, 0.2) is 24.4 Å². The van der Waals surface area contributed by atoms with Gasteiger partial charge in [0.2, 0.25) is 11.8 Å². The second kappa shape index (κ2) is 7.38. The summed E-state index contributed by atoms with van der Waals surface area (Å²) in [6.45, 7) is 2.91. The van der Waals surface area contributed by atoms with Crippen LogP contribution in [0.4, 0.5) is 0 Å². The zero-order chi connectivity index (χ0) is 12.5. The number of hydrogen-bond donors (Lipinski definition) is 2. The van der Waals surface area contributed by atoms with Crippen LogP contribution in [0.3, 0.4) is 0 Å². The maximum Gasteiger partial charge on any atom is 0.229 e. The highest BCUT2D eigenvalue weighted by Gasteiger charge is 2.08. The van der Waals surface area contributed by atoms with E-state index in [0.717, 1.165) is 12.1 Å². The summed E-state index contributed by atoms with van der Waals surface area (Å²) in [6.07, 6.45) is 2.39. The van der Waals surface area contributed by atoms with Crippen LogP contribution in [0.1, 0.15) is 25.5 Å². The summed E-state index contributed by atoms with van der Waals surface area (Å²) in [5.41, 5.74) is 0.773. The topological polar surface area (TPSA) is 71.1 Å². The highest BCUT2D eigenvalue weighted by molar-refractivity contribution is 5.96. The SMILES string of the molecule is CCCNC(=O)CC(=O)NCc1ccccn1. The Morgan fingerprint density at radius 2 is 2.00 bits per heavy atom. The molecule has 1 rings (SSSR count). The van der Waals surface area contributed by atoms with Gasteiger partial charge in [-0.15, -0.1) is 0 Å². The average molecular weight is 235 g/mol. The van der Waals surface area contributed by atoms with Crippen molar-refractivity contribution in [1.82, 2.24) is 15.6 Å². The molecule has 0 saturated carbocycles. The normalized spacial score (nSPS) is 9.71. The van der Waals surface area contributed by atoms with Gasteiger partial charge in [0.1, 0.15) is 6.42 Å². The van der Waals surface area contributed by atoms with Crippen molar-refractivity contribution in [2.75, 3.05) is 6.54 Å². The van der Waals surface area contributed by atoms with Crippen molar-refractivity contribution in [3.8, 4) is 0 Å². The number of rotatable bonds is 6. The van der Waals surface area contributed by atoms with Gasteiger partial charge in [0.25, 0.3) is 0 Å². The van der Waals surface area contributed by atoms with Crippen molar-refractivity contribution in [3.63, 3.8) is 0 Å². The molecule has 1 aromatic heterocycles. The molecule has 0 atom stereocenters. The second-order valence-electron chi connectivity index (χ2n) is 3.62. The molecule has 0 saturated heterocycles. The molecule has 0 bridgehead atoms. The zero-order valence-corrected chi connectivity index (χ0v) is 9.90. The Hall–Kier alpha value is -1.91. The number of amides is 2. The molecule has 92 valence electrons. The van der Waals surface area contributed by atoms with Crippen molar-refractivity contribution in [1.29, 1.82) is 0 Å². The van der Waals surface area contributed by atoms with Crippen molar-refractivity contribution in [3.05, 3.63) is 30.1 Å². The van der Waals surface area contributed by atoms with Crippen LogP contribution >= 0.6 is 0 Å². The second-order valence-corrected chi connectivity index (χ2v) is 3.62. The van der Waals surface area contributed by atoms with Gasteiger partial charge in [-0.2, -0.15) is 0 Å². The Labute approximate surface area is 101 Å². The first-order valence-electron chi connectivity index (χ1n) is 5.65. The molecule has 0 fully saturated rings. The van der Waals surface area contributed by atoms with E-state index >= 15 is 0 Å². The van der Waals surface area contributed by atoms with Gasteiger partial charge in [0.05, 0.1) is 12.2 Å². The number of carbonyl (C=O) groups excluding carboxylic acids is 2. The van der Waals surface area contributed by atoms with Crippen LogP contribution in [0.2, 0.25) is 0 Å². The van der Waals surface area contributed by atoms with E-state index in [2.05, 4.69) is 15.6 Å². The monoisotopic (exact) mass is 235 g/mol. The van der Waals surface area contributed by atoms with Crippen LogP contribution in [0.25, 0.3) is 0 Å². The number of hydrogen-bond acceptors (Lipinski definition) is 3. The fourth-order valence-electron chi connectivity index (χ4n) is 1.23. The van der Waals surface area contributed by atoms with E-state index in [1.165, 1.54) is 0 Å². The van der Waals surface area contributed by atoms with Crippen molar-refractivity contribution in [2.45, 2.75) is 26.3 Å². The lowest BCUT2D eigenvalue weighted by Crippen LogP contribution is -2.32. The lowest BCUT2D eigenvalue weighted by atomic mass is 10.3. The summed E-state index contributed by atoms with van der Waals surface area (Å²) < 4.78 is 0. The Morgan fingerprint density at radius 1 is 1.24 bits per heavy atom. The fourth-order valence-corrected chi connectivity index (χ4v) is 1.23. The molecule has 5 heteroatoms. The van der Waals surface area contributed by atoms with E-state index < -0.39 is 0 Å². The van der Waals surface area contributed by atoms with E-state index in [1.54, 1.807) is 6.20 Å². The molecule has 2 N–H and O–H groups in total. The van der Waals surface area contributed by atoms with Gasteiger partial charge >= 0.3 is 0 Å². The van der Waals surface area contributed by atoms with Gasteiger partial charge in [-0.25, -0.2) is 0 Å². The molecule has 17 heavy (non-hydrogen) atoms. The first kappa shape index (κ1) is 13.2. The van der Waals surface area contributed by atoms with Crippen LogP contribution in [-0.4, -0.2) is 23.3 Å². The number of nitrogens with zero attached hydrogens (tertiary/aromatic N) is 1. The molecular weight excluding hydrogens is 218 g/mol. The van der Waals surface area contributed by atoms with Crippen LogP contribution < -0.4 is 10.6 Å². The Bertz CT molecular complexity index is 365. The molecule has 0 aliphatic rings. The third-order valence-electron chi connectivity index (χ3n) is 2.09. The van der Waals surface area contributed by atoms with Crippen molar-refractivity contribution in [2.24, 2.45) is 0 Å². The number of pyridine rings is 1. The van der Waals surface area contributed by atoms with Crippen LogP contribution in [0, 0.1) is 0 Å². The molecule has 0 aliphatic heterocycles. The number of carbonyl (C=O) groups is 2. The zero-order valence-electron chi connectivity index (χ0n) is 9.90. The van der Waals surface area contributed by atoms with Crippen LogP contribution in [-0.2, 0) is 16.1 Å². The summed E-state index contributed by atoms with van der Waals surface area (Å²) in [6, 6.07) is 5.48. The highest BCUT2D eigenvalue weighted by atomic mass is 16.2. The van der Waals surface area contributed by atoms with Crippen molar-refractivity contribution < 1.29 is 9.59 Å². The van der Waals surface area contributed by atoms with E-state index in [1.807, 2.05) is 25.1 Å². The average Bonchev–Trinajstić information content (AvgIpc) is 2.35. The van der Waals surface area contributed by atoms with E-state index in [0.29, 0.717) is 13.1 Å². The van der Waals surface area contributed by atoms with Gasteiger partial charge < -0.3 is 10.6 Å². The molecule has 1 aromatic rings. The molecular formula is C12H17N3O2. The third-order valence-corrected chi connectivity index (χ3v) is 2.09. The lowest BCUT2D eigenvalue weighted by molar-refractivity contribution is -0.129. The van der Waals surface area contributed by atoms with Gasteiger partial charge in [0, 0.05) is 12.7 Å². The van der Waals surface area contributed by atoms with Crippen molar-refractivity contribution >= 4 is 11.8 Å². The Morgan fingerprint density at radius 3 is 2.65 bits per heavy atom. The van der Waals surface area contributed by atoms with Gasteiger partial charge in [0.15, 0.2) is 0 Å². The summed E-state index contributed by atoms with van der Waals surface area (Å²) in [5, 5.41) is 5.29. The summed E-state index contributed by atoms with van der Waals surface area (Å²) in [7, 11) is 0. The molecule has 0 unspecified atom stereocenters. The molecule has 0 aromatic carbocycles. The molecule has 2 amide bonds. The lowest BCUT2D eigenvalue weighted by Gasteiger charge is -2.05. The summed E-state index contributed by atoms with van der Waals surface area (Å²) in [4.78, 5) is 26.7. The first-order valence-corrected chi connectivity index (χ1v) is 5.65. The minimum atomic E-state index is -0.288. The van der Waals surface area contributed by atoms with E-state index in [9.17, 15) is 9.59 Å². The quantitative estimate of drug-likeness (QED) is 0.710. The predicted molar refractivity (Wildman–Crippen MR) is 64.0 cm³/mol. The van der Waals surface area contributed by atoms with Gasteiger partial charge in [-0.1, -0.05) is 13.0 Å². The molecule has 0 aliphatic carbocycles.